The van der Waals surface area contributed by atoms with Crippen LogP contribution in [0.15, 0.2) is 54.6 Å². The zero-order chi connectivity index (χ0) is 24.6. The molecule has 3 rings (SSSR count). The van der Waals surface area contributed by atoms with E-state index in [2.05, 4.69) is 10.6 Å². The maximum Gasteiger partial charge on any atom is 0.303 e. The number of hydrogen-bond acceptors (Lipinski definition) is 4. The van der Waals surface area contributed by atoms with Gasteiger partial charge in [-0.05, 0) is 41.5 Å². The zero-order valence-corrected chi connectivity index (χ0v) is 20.0. The highest BCUT2D eigenvalue weighted by atomic mass is 16.4. The van der Waals surface area contributed by atoms with Crippen LogP contribution in [0.3, 0.4) is 0 Å². The van der Waals surface area contributed by atoms with Gasteiger partial charge in [-0.2, -0.15) is 0 Å². The first-order valence-electron chi connectivity index (χ1n) is 11.9. The summed E-state index contributed by atoms with van der Waals surface area (Å²) in [4.78, 5) is 39.5. The second-order valence-corrected chi connectivity index (χ2v) is 9.54. The summed E-state index contributed by atoms with van der Waals surface area (Å²) in [6.07, 6.45) is 3.80. The molecule has 1 saturated carbocycles. The summed E-state index contributed by atoms with van der Waals surface area (Å²) in [6, 6.07) is 16.8. The smallest absolute Gasteiger partial charge is 0.303 e. The highest BCUT2D eigenvalue weighted by Gasteiger charge is 2.38. The van der Waals surface area contributed by atoms with Crippen molar-refractivity contribution in [1.82, 2.24) is 10.6 Å². The number of nitrogens with zero attached hydrogens (tertiary/aromatic N) is 1. The molecule has 2 aromatic rings. The Hall–Kier alpha value is -3.35. The van der Waals surface area contributed by atoms with Crippen LogP contribution in [0.25, 0.3) is 0 Å². The lowest BCUT2D eigenvalue weighted by Crippen LogP contribution is -2.48. The van der Waals surface area contributed by atoms with Crippen molar-refractivity contribution in [3.8, 4) is 0 Å². The van der Waals surface area contributed by atoms with Crippen molar-refractivity contribution in [2.75, 3.05) is 19.0 Å². The molecule has 1 aliphatic carbocycles. The summed E-state index contributed by atoms with van der Waals surface area (Å²) in [7, 11) is 3.94. The molecule has 1 atom stereocenters. The number of amides is 2. The molecule has 0 aromatic heterocycles. The van der Waals surface area contributed by atoms with E-state index in [0.717, 1.165) is 42.5 Å². The Bertz CT molecular complexity index is 967. The molecule has 0 aliphatic heterocycles. The number of carbonyl (C=O) groups is 3. The third kappa shape index (κ3) is 7.33. The molecule has 0 bridgehead atoms. The minimum Gasteiger partial charge on any atom is -0.481 e. The number of hydrogen-bond donors (Lipinski definition) is 3. The molecule has 182 valence electrons. The minimum absolute atomic E-state index is 0.0150. The number of nitrogens with one attached hydrogen (secondary N) is 2. The lowest BCUT2D eigenvalue weighted by atomic mass is 9.79. The molecular weight excluding hydrogens is 430 g/mol. The first-order valence-corrected chi connectivity index (χ1v) is 11.9. The van der Waals surface area contributed by atoms with Gasteiger partial charge in [-0.3, -0.25) is 14.4 Å². The zero-order valence-electron chi connectivity index (χ0n) is 20.0. The van der Waals surface area contributed by atoms with Crippen molar-refractivity contribution >= 4 is 23.5 Å². The van der Waals surface area contributed by atoms with Crippen LogP contribution in [-0.2, 0) is 27.3 Å². The molecule has 3 N–H and O–H groups in total. The third-order valence-electron chi connectivity index (χ3n) is 6.58. The largest absolute Gasteiger partial charge is 0.481 e. The van der Waals surface area contributed by atoms with Crippen LogP contribution in [0, 0.1) is 5.41 Å². The van der Waals surface area contributed by atoms with E-state index in [4.69, 9.17) is 0 Å². The topological polar surface area (TPSA) is 98.7 Å². The van der Waals surface area contributed by atoms with Crippen LogP contribution in [-0.4, -0.2) is 43.0 Å². The first-order chi connectivity index (χ1) is 16.3. The number of carboxylic acid groups (broad SMARTS) is 1. The first kappa shape index (κ1) is 25.3. The summed E-state index contributed by atoms with van der Waals surface area (Å²) in [5.74, 6) is -1.41. The second-order valence-electron chi connectivity index (χ2n) is 9.54. The molecule has 2 amide bonds. The third-order valence-corrected chi connectivity index (χ3v) is 6.58. The molecule has 7 nitrogen and oxygen atoms in total. The molecule has 0 radical (unpaired) electrons. The normalized spacial score (nSPS) is 15.4. The SMILES string of the molecule is CN(C)c1ccc(CNC(=O)[C@@H](Cc2ccccc2)NC(=O)CC2(CC(=O)O)CCCC2)cc1. The second kappa shape index (κ2) is 11.7. The maximum absolute atomic E-state index is 13.1. The van der Waals surface area contributed by atoms with E-state index in [0.29, 0.717) is 13.0 Å². The quantitative estimate of drug-likeness (QED) is 0.472. The number of carbonyl (C=O) groups excluding carboxylic acids is 2. The highest BCUT2D eigenvalue weighted by Crippen LogP contribution is 2.44. The summed E-state index contributed by atoms with van der Waals surface area (Å²) >= 11 is 0. The molecule has 7 heteroatoms. The van der Waals surface area contributed by atoms with Gasteiger partial charge in [0, 0.05) is 39.2 Å². The number of aliphatic carboxylic acids is 1. The van der Waals surface area contributed by atoms with E-state index in [1.165, 1.54) is 0 Å². The fraction of sp³-hybridized carbons (Fsp3) is 0.444. The Balaban J connectivity index is 1.66. The fourth-order valence-electron chi connectivity index (χ4n) is 4.73. The predicted octanol–water partition coefficient (Wildman–Crippen LogP) is 3.52. The molecule has 0 saturated heterocycles. The van der Waals surface area contributed by atoms with Gasteiger partial charge >= 0.3 is 5.97 Å². The van der Waals surface area contributed by atoms with Crippen LogP contribution in [0.2, 0.25) is 0 Å². The van der Waals surface area contributed by atoms with Gasteiger partial charge in [-0.1, -0.05) is 55.3 Å². The van der Waals surface area contributed by atoms with E-state index in [9.17, 15) is 19.5 Å². The van der Waals surface area contributed by atoms with Crippen LogP contribution < -0.4 is 15.5 Å². The van der Waals surface area contributed by atoms with Gasteiger partial charge in [-0.15, -0.1) is 0 Å². The van der Waals surface area contributed by atoms with Crippen LogP contribution >= 0.6 is 0 Å². The van der Waals surface area contributed by atoms with Crippen molar-refractivity contribution in [2.24, 2.45) is 5.41 Å². The van der Waals surface area contributed by atoms with Crippen molar-refractivity contribution in [3.05, 3.63) is 65.7 Å². The molecule has 1 aliphatic rings. The van der Waals surface area contributed by atoms with Gasteiger partial charge < -0.3 is 20.6 Å². The Labute approximate surface area is 201 Å². The maximum atomic E-state index is 13.1. The van der Waals surface area contributed by atoms with Crippen LogP contribution in [0.4, 0.5) is 5.69 Å². The summed E-state index contributed by atoms with van der Waals surface area (Å²) < 4.78 is 0. The van der Waals surface area contributed by atoms with Crippen molar-refractivity contribution in [2.45, 2.75) is 57.5 Å². The molecule has 1 fully saturated rings. The van der Waals surface area contributed by atoms with Crippen LogP contribution in [0.5, 0.6) is 0 Å². The lowest BCUT2D eigenvalue weighted by molar-refractivity contribution is -0.140. The Morgan fingerprint density at radius 1 is 0.941 bits per heavy atom. The fourth-order valence-corrected chi connectivity index (χ4v) is 4.73. The average Bonchev–Trinajstić information content (AvgIpc) is 3.24. The monoisotopic (exact) mass is 465 g/mol. The minimum atomic E-state index is -0.881. The van der Waals surface area contributed by atoms with Gasteiger partial charge in [0.05, 0.1) is 6.42 Å². The number of rotatable bonds is 11. The molecule has 0 heterocycles. The lowest BCUT2D eigenvalue weighted by Gasteiger charge is -2.27. The van der Waals surface area contributed by atoms with Crippen molar-refractivity contribution < 1.29 is 19.5 Å². The molecule has 2 aromatic carbocycles. The van der Waals surface area contributed by atoms with Gasteiger partial charge in [0.15, 0.2) is 0 Å². The van der Waals surface area contributed by atoms with Gasteiger partial charge in [-0.25, -0.2) is 0 Å². The molecule has 0 unspecified atom stereocenters. The predicted molar refractivity (Wildman–Crippen MR) is 132 cm³/mol. The Kier molecular flexibility index (Phi) is 8.68. The molecule has 34 heavy (non-hydrogen) atoms. The van der Waals surface area contributed by atoms with E-state index < -0.39 is 17.4 Å². The van der Waals surface area contributed by atoms with Gasteiger partial charge in [0.2, 0.25) is 11.8 Å². The van der Waals surface area contributed by atoms with Crippen molar-refractivity contribution in [3.63, 3.8) is 0 Å². The summed E-state index contributed by atoms with van der Waals surface area (Å²) in [5.41, 5.74) is 2.47. The molecular formula is C27H35N3O4. The standard InChI is InChI=1S/C27H35N3O4/c1-30(2)22-12-10-21(11-13-22)19-28-26(34)23(16-20-8-4-3-5-9-20)29-24(31)17-27(18-25(32)33)14-6-7-15-27/h3-5,8-13,23H,6-7,14-19H2,1-2H3,(H,28,34)(H,29,31)(H,32,33)/t23-/m1/s1. The van der Waals surface area contributed by atoms with Gasteiger partial charge in [0.25, 0.3) is 0 Å². The highest BCUT2D eigenvalue weighted by molar-refractivity contribution is 5.88. The van der Waals surface area contributed by atoms with E-state index >= 15 is 0 Å². The number of carboxylic acids is 1. The Morgan fingerprint density at radius 3 is 2.18 bits per heavy atom. The number of benzene rings is 2. The Morgan fingerprint density at radius 2 is 1.59 bits per heavy atom. The van der Waals surface area contributed by atoms with E-state index in [1.54, 1.807) is 0 Å². The average molecular weight is 466 g/mol. The van der Waals surface area contributed by atoms with E-state index in [-0.39, 0.29) is 24.7 Å². The van der Waals surface area contributed by atoms with Crippen LogP contribution in [0.1, 0.15) is 49.7 Å². The van der Waals surface area contributed by atoms with Gasteiger partial charge in [0.1, 0.15) is 6.04 Å². The number of anilines is 1. The summed E-state index contributed by atoms with van der Waals surface area (Å²) in [6.45, 7) is 0.358. The molecule has 0 spiro atoms. The van der Waals surface area contributed by atoms with E-state index in [1.807, 2.05) is 73.6 Å². The summed E-state index contributed by atoms with van der Waals surface area (Å²) in [5, 5.41) is 15.2. The van der Waals surface area contributed by atoms with Crippen molar-refractivity contribution in [1.29, 1.82) is 0 Å².